The summed E-state index contributed by atoms with van der Waals surface area (Å²) < 4.78 is 2.96. The highest BCUT2D eigenvalue weighted by molar-refractivity contribution is 8.75. The van der Waals surface area contributed by atoms with Gasteiger partial charge in [-0.1, -0.05) is 6.07 Å². The molecule has 0 unspecified atom stereocenters. The van der Waals surface area contributed by atoms with Crippen molar-refractivity contribution in [2.24, 2.45) is 0 Å². The van der Waals surface area contributed by atoms with Crippen molar-refractivity contribution in [3.8, 4) is 0 Å². The highest BCUT2D eigenvalue weighted by Gasteiger charge is 1.90. The quantitative estimate of drug-likeness (QED) is 0.556. The van der Waals surface area contributed by atoms with Crippen molar-refractivity contribution in [1.82, 2.24) is 9.71 Å². The van der Waals surface area contributed by atoms with Gasteiger partial charge in [-0.05, 0) is 41.0 Å². The highest BCUT2D eigenvalue weighted by atomic mass is 33.1. The first-order valence-electron chi connectivity index (χ1n) is 2.85. The second kappa shape index (κ2) is 4.60. The molecule has 0 aromatic carbocycles. The topological polar surface area (TPSA) is 24.9 Å². The lowest BCUT2D eigenvalue weighted by Crippen LogP contribution is -1.86. The second-order valence-corrected chi connectivity index (χ2v) is 3.70. The van der Waals surface area contributed by atoms with Gasteiger partial charge in [0, 0.05) is 6.20 Å². The van der Waals surface area contributed by atoms with Crippen LogP contribution in [0.15, 0.2) is 29.4 Å². The Hall–Kier alpha value is -0.190. The molecule has 1 aromatic rings. The van der Waals surface area contributed by atoms with E-state index in [-0.39, 0.29) is 0 Å². The molecule has 0 amide bonds. The van der Waals surface area contributed by atoms with Gasteiger partial charge in [0.05, 0.1) is 0 Å². The number of hydrogen-bond acceptors (Lipinski definition) is 4. The van der Waals surface area contributed by atoms with Crippen LogP contribution in [-0.4, -0.2) is 12.0 Å². The lowest BCUT2D eigenvalue weighted by Gasteiger charge is -1.94. The third kappa shape index (κ3) is 2.60. The maximum Gasteiger partial charge on any atom is 0.108 e. The number of aromatic nitrogens is 1. The fraction of sp³-hybridized carbons (Fsp3) is 0.167. The van der Waals surface area contributed by atoms with Gasteiger partial charge < -0.3 is 0 Å². The largest absolute Gasteiger partial charge is 0.258 e. The number of nitrogens with zero attached hydrogens (tertiary/aromatic N) is 1. The minimum Gasteiger partial charge on any atom is -0.258 e. The zero-order valence-electron chi connectivity index (χ0n) is 5.57. The van der Waals surface area contributed by atoms with Crippen LogP contribution < -0.4 is 4.72 Å². The van der Waals surface area contributed by atoms with Gasteiger partial charge in [-0.15, -0.1) is 0 Å². The van der Waals surface area contributed by atoms with Crippen LogP contribution >= 0.6 is 21.8 Å². The number of pyridine rings is 1. The van der Waals surface area contributed by atoms with Crippen molar-refractivity contribution in [3.05, 3.63) is 24.4 Å². The summed E-state index contributed by atoms with van der Waals surface area (Å²) in [5.74, 6) is 0. The normalized spacial score (nSPS) is 9.70. The number of hydrogen-bond donors (Lipinski definition) is 1. The SMILES string of the molecule is CNSSc1ccccn1. The van der Waals surface area contributed by atoms with E-state index >= 15 is 0 Å². The van der Waals surface area contributed by atoms with E-state index in [4.69, 9.17) is 0 Å². The smallest absolute Gasteiger partial charge is 0.108 e. The van der Waals surface area contributed by atoms with Gasteiger partial charge in [0.25, 0.3) is 0 Å². The van der Waals surface area contributed by atoms with E-state index in [9.17, 15) is 0 Å². The first kappa shape index (κ1) is 7.91. The van der Waals surface area contributed by atoms with Gasteiger partial charge in [0.15, 0.2) is 0 Å². The van der Waals surface area contributed by atoms with Crippen molar-refractivity contribution >= 4 is 21.8 Å². The summed E-state index contributed by atoms with van der Waals surface area (Å²) in [7, 11) is 5.07. The Bertz CT molecular complexity index is 178. The van der Waals surface area contributed by atoms with E-state index in [2.05, 4.69) is 9.71 Å². The van der Waals surface area contributed by atoms with E-state index in [0.29, 0.717) is 0 Å². The monoisotopic (exact) mass is 172 g/mol. The molecule has 0 aliphatic rings. The third-order valence-corrected chi connectivity index (χ3v) is 2.77. The molecule has 0 radical (unpaired) electrons. The van der Waals surface area contributed by atoms with Crippen LogP contribution in [0.5, 0.6) is 0 Å². The molecular weight excluding hydrogens is 164 g/mol. The summed E-state index contributed by atoms with van der Waals surface area (Å²) in [6, 6.07) is 5.87. The molecule has 0 bridgehead atoms. The molecule has 0 saturated carbocycles. The zero-order chi connectivity index (χ0) is 7.23. The van der Waals surface area contributed by atoms with E-state index < -0.39 is 0 Å². The lowest BCUT2D eigenvalue weighted by molar-refractivity contribution is 1.14. The summed E-state index contributed by atoms with van der Waals surface area (Å²) in [4.78, 5) is 4.12. The molecule has 1 heterocycles. The van der Waals surface area contributed by atoms with Crippen molar-refractivity contribution < 1.29 is 0 Å². The minimum absolute atomic E-state index is 1.03. The summed E-state index contributed by atoms with van der Waals surface area (Å²) in [5, 5.41) is 1.03. The van der Waals surface area contributed by atoms with Crippen molar-refractivity contribution in [1.29, 1.82) is 0 Å². The third-order valence-electron chi connectivity index (χ3n) is 0.848. The van der Waals surface area contributed by atoms with Gasteiger partial charge in [-0.2, -0.15) is 0 Å². The highest BCUT2D eigenvalue weighted by Crippen LogP contribution is 2.24. The Morgan fingerprint density at radius 3 is 3.00 bits per heavy atom. The molecule has 0 atom stereocenters. The maximum absolute atomic E-state index is 4.12. The average Bonchev–Trinajstić information content (AvgIpc) is 2.03. The van der Waals surface area contributed by atoms with Crippen LogP contribution in [0.4, 0.5) is 0 Å². The molecule has 2 nitrogen and oxygen atoms in total. The average molecular weight is 172 g/mol. The first-order valence-corrected chi connectivity index (χ1v) is 5.00. The van der Waals surface area contributed by atoms with Crippen LogP contribution in [0, 0.1) is 0 Å². The van der Waals surface area contributed by atoms with E-state index in [1.165, 1.54) is 0 Å². The molecule has 0 aliphatic carbocycles. The molecule has 10 heavy (non-hydrogen) atoms. The van der Waals surface area contributed by atoms with Crippen molar-refractivity contribution in [3.63, 3.8) is 0 Å². The van der Waals surface area contributed by atoms with Crippen LogP contribution in [0.2, 0.25) is 0 Å². The molecule has 1 aromatic heterocycles. The van der Waals surface area contributed by atoms with Gasteiger partial charge >= 0.3 is 0 Å². The summed E-state index contributed by atoms with van der Waals surface area (Å²) in [6.07, 6.45) is 1.79. The molecular formula is C6H8N2S2. The standard InChI is InChI=1S/C6H8N2S2/c1-7-10-9-6-4-2-3-5-8-6/h2-5,7H,1H3. The number of nitrogens with one attached hydrogen (secondary N) is 1. The molecule has 0 saturated heterocycles. The molecule has 4 heteroatoms. The fourth-order valence-electron chi connectivity index (χ4n) is 0.481. The maximum atomic E-state index is 4.12. The first-order chi connectivity index (χ1) is 4.93. The summed E-state index contributed by atoms with van der Waals surface area (Å²) in [6.45, 7) is 0. The van der Waals surface area contributed by atoms with Gasteiger partial charge in [0.1, 0.15) is 5.03 Å². The molecule has 0 spiro atoms. The van der Waals surface area contributed by atoms with Crippen LogP contribution in [-0.2, 0) is 0 Å². The Labute approximate surface area is 68.3 Å². The summed E-state index contributed by atoms with van der Waals surface area (Å²) in [5.41, 5.74) is 0. The molecule has 1 N–H and O–H groups in total. The van der Waals surface area contributed by atoms with Crippen molar-refractivity contribution in [2.75, 3.05) is 7.05 Å². The Morgan fingerprint density at radius 2 is 2.40 bits per heavy atom. The van der Waals surface area contributed by atoms with E-state index in [1.54, 1.807) is 28.0 Å². The van der Waals surface area contributed by atoms with Gasteiger partial charge in [-0.25, -0.2) is 4.98 Å². The van der Waals surface area contributed by atoms with Crippen molar-refractivity contribution in [2.45, 2.75) is 5.03 Å². The van der Waals surface area contributed by atoms with E-state index in [0.717, 1.165) is 5.03 Å². The molecule has 0 fully saturated rings. The zero-order valence-corrected chi connectivity index (χ0v) is 7.21. The molecule has 0 aliphatic heterocycles. The predicted molar refractivity (Wildman–Crippen MR) is 46.7 cm³/mol. The fourth-order valence-corrected chi connectivity index (χ4v) is 1.69. The lowest BCUT2D eigenvalue weighted by atomic mass is 10.5. The van der Waals surface area contributed by atoms with Gasteiger partial charge in [-0.3, -0.25) is 4.72 Å². The Kier molecular flexibility index (Phi) is 3.64. The second-order valence-electron chi connectivity index (χ2n) is 1.54. The minimum atomic E-state index is 1.03. The molecule has 54 valence electrons. The van der Waals surface area contributed by atoms with Crippen LogP contribution in [0.3, 0.4) is 0 Å². The Balaban J connectivity index is 2.43. The molecule has 1 rings (SSSR count). The Morgan fingerprint density at radius 1 is 1.50 bits per heavy atom. The number of rotatable bonds is 3. The van der Waals surface area contributed by atoms with Gasteiger partial charge in [0.2, 0.25) is 0 Å². The summed E-state index contributed by atoms with van der Waals surface area (Å²) >= 11 is 0. The van der Waals surface area contributed by atoms with Crippen LogP contribution in [0.25, 0.3) is 0 Å². The predicted octanol–water partition coefficient (Wildman–Crippen LogP) is 1.96. The van der Waals surface area contributed by atoms with E-state index in [1.807, 2.05) is 25.2 Å². The van der Waals surface area contributed by atoms with Crippen LogP contribution in [0.1, 0.15) is 0 Å².